The molecule has 5 heteroatoms. The number of carbonyl (C=O) groups is 1. The zero-order valence-electron chi connectivity index (χ0n) is 13.3. The van der Waals surface area contributed by atoms with Gasteiger partial charge >= 0.3 is 0 Å². The predicted molar refractivity (Wildman–Crippen MR) is 91.5 cm³/mol. The maximum Gasteiger partial charge on any atom is 0.239 e. The fourth-order valence-corrected chi connectivity index (χ4v) is 2.44. The summed E-state index contributed by atoms with van der Waals surface area (Å²) in [6.07, 6.45) is 0. The minimum absolute atomic E-state index is 0.0854. The second kappa shape index (κ2) is 7.11. The summed E-state index contributed by atoms with van der Waals surface area (Å²) in [5, 5.41) is 0. The quantitative estimate of drug-likeness (QED) is 0.812. The molecule has 0 bridgehead atoms. The van der Waals surface area contributed by atoms with Crippen LogP contribution in [0.4, 0.5) is 0 Å². The van der Waals surface area contributed by atoms with Gasteiger partial charge < -0.3 is 9.32 Å². The number of hydrogen-bond donors (Lipinski definition) is 0. The molecule has 0 aliphatic heterocycles. The number of rotatable bonds is 5. The monoisotopic (exact) mass is 364 g/mol. The molecule has 2 aromatic rings. The van der Waals surface area contributed by atoms with Gasteiger partial charge in [-0.1, -0.05) is 28.1 Å². The van der Waals surface area contributed by atoms with E-state index in [1.54, 1.807) is 19.0 Å². The van der Waals surface area contributed by atoms with E-state index in [0.717, 1.165) is 21.6 Å². The van der Waals surface area contributed by atoms with Crippen molar-refractivity contribution < 1.29 is 9.21 Å². The summed E-state index contributed by atoms with van der Waals surface area (Å²) in [6, 6.07) is 11.7. The third-order valence-electron chi connectivity index (χ3n) is 3.65. The highest BCUT2D eigenvalue weighted by molar-refractivity contribution is 9.10. The number of likely N-dealkylation sites (N-methyl/N-ethyl adjacent to an activating group) is 2. The summed E-state index contributed by atoms with van der Waals surface area (Å²) in [7, 11) is 5.46. The third kappa shape index (κ3) is 3.99. The summed E-state index contributed by atoms with van der Waals surface area (Å²) in [5.74, 6) is 1.77. The second-order valence-electron chi connectivity index (χ2n) is 5.60. The minimum Gasteiger partial charge on any atom is -0.460 e. The molecule has 0 aliphatic carbocycles. The van der Waals surface area contributed by atoms with Crippen molar-refractivity contribution in [3.05, 3.63) is 46.6 Å². The summed E-state index contributed by atoms with van der Waals surface area (Å²) >= 11 is 3.42. The number of nitrogens with zero attached hydrogens (tertiary/aromatic N) is 2. The van der Waals surface area contributed by atoms with Crippen molar-refractivity contribution in [2.45, 2.75) is 19.5 Å². The van der Waals surface area contributed by atoms with E-state index in [0.29, 0.717) is 6.54 Å². The van der Waals surface area contributed by atoms with Crippen LogP contribution >= 0.6 is 15.9 Å². The lowest BCUT2D eigenvalue weighted by Gasteiger charge is -2.25. The standard InChI is InChI=1S/C17H21BrN2O2/c1-12(17(21)19(2)3)20(4)11-15-9-10-16(22-15)13-5-7-14(18)8-6-13/h5-10,12H,11H2,1-4H3/t12-/m0/s1. The maximum atomic E-state index is 12.0. The Hall–Kier alpha value is -1.59. The van der Waals surface area contributed by atoms with E-state index in [1.807, 2.05) is 55.3 Å². The Kier molecular flexibility index (Phi) is 5.42. The normalized spacial score (nSPS) is 12.5. The molecule has 22 heavy (non-hydrogen) atoms. The van der Waals surface area contributed by atoms with Crippen molar-refractivity contribution in [1.29, 1.82) is 0 Å². The average Bonchev–Trinajstić information content (AvgIpc) is 2.94. The van der Waals surface area contributed by atoms with E-state index < -0.39 is 0 Å². The molecule has 0 fully saturated rings. The number of hydrogen-bond acceptors (Lipinski definition) is 3. The molecule has 0 saturated heterocycles. The molecule has 2 rings (SSSR count). The number of amides is 1. The molecule has 1 aromatic heterocycles. The minimum atomic E-state index is -0.184. The van der Waals surface area contributed by atoms with Crippen LogP contribution in [0.25, 0.3) is 11.3 Å². The number of furan rings is 1. The van der Waals surface area contributed by atoms with Crippen LogP contribution in [-0.4, -0.2) is 42.9 Å². The van der Waals surface area contributed by atoms with E-state index in [-0.39, 0.29) is 11.9 Å². The lowest BCUT2D eigenvalue weighted by atomic mass is 10.2. The average molecular weight is 365 g/mol. The molecule has 0 N–H and O–H groups in total. The molecule has 1 heterocycles. The van der Waals surface area contributed by atoms with E-state index in [1.165, 1.54) is 0 Å². The predicted octanol–water partition coefficient (Wildman–Crippen LogP) is 3.62. The maximum absolute atomic E-state index is 12.0. The summed E-state index contributed by atoms with van der Waals surface area (Å²) in [5.41, 5.74) is 1.04. The Morgan fingerprint density at radius 1 is 1.14 bits per heavy atom. The molecule has 0 spiro atoms. The van der Waals surface area contributed by atoms with Crippen molar-refractivity contribution in [2.24, 2.45) is 0 Å². The van der Waals surface area contributed by atoms with Gasteiger partial charge in [-0.2, -0.15) is 0 Å². The van der Waals surface area contributed by atoms with Gasteiger partial charge in [0.25, 0.3) is 0 Å². The largest absolute Gasteiger partial charge is 0.460 e. The van der Waals surface area contributed by atoms with Crippen LogP contribution in [0.1, 0.15) is 12.7 Å². The zero-order valence-corrected chi connectivity index (χ0v) is 14.9. The molecule has 118 valence electrons. The van der Waals surface area contributed by atoms with Crippen molar-refractivity contribution >= 4 is 21.8 Å². The molecule has 1 amide bonds. The van der Waals surface area contributed by atoms with E-state index in [2.05, 4.69) is 15.9 Å². The topological polar surface area (TPSA) is 36.7 Å². The third-order valence-corrected chi connectivity index (χ3v) is 4.18. The van der Waals surface area contributed by atoms with Crippen LogP contribution in [-0.2, 0) is 11.3 Å². The van der Waals surface area contributed by atoms with Gasteiger partial charge in [0, 0.05) is 24.1 Å². The van der Waals surface area contributed by atoms with E-state index >= 15 is 0 Å². The van der Waals surface area contributed by atoms with Crippen LogP contribution in [0, 0.1) is 0 Å². The van der Waals surface area contributed by atoms with Crippen LogP contribution in [0.5, 0.6) is 0 Å². The highest BCUT2D eigenvalue weighted by atomic mass is 79.9. The van der Waals surface area contributed by atoms with E-state index in [9.17, 15) is 4.79 Å². The zero-order chi connectivity index (χ0) is 16.3. The van der Waals surface area contributed by atoms with Gasteiger partial charge in [-0.15, -0.1) is 0 Å². The first-order valence-electron chi connectivity index (χ1n) is 7.14. The van der Waals surface area contributed by atoms with Crippen LogP contribution < -0.4 is 0 Å². The molecule has 4 nitrogen and oxygen atoms in total. The molecule has 0 aliphatic rings. The van der Waals surface area contributed by atoms with Gasteiger partial charge in [-0.05, 0) is 38.2 Å². The highest BCUT2D eigenvalue weighted by Crippen LogP contribution is 2.24. The Balaban J connectivity index is 2.06. The first kappa shape index (κ1) is 16.8. The fourth-order valence-electron chi connectivity index (χ4n) is 2.18. The number of carbonyl (C=O) groups excluding carboxylic acids is 1. The van der Waals surface area contributed by atoms with Crippen molar-refractivity contribution in [3.8, 4) is 11.3 Å². The van der Waals surface area contributed by atoms with Gasteiger partial charge in [0.1, 0.15) is 11.5 Å². The molecule has 0 radical (unpaired) electrons. The lowest BCUT2D eigenvalue weighted by molar-refractivity contribution is -0.133. The fraction of sp³-hybridized carbons (Fsp3) is 0.353. The lowest BCUT2D eigenvalue weighted by Crippen LogP contribution is -2.42. The van der Waals surface area contributed by atoms with Gasteiger partial charge in [0.05, 0.1) is 12.6 Å². The van der Waals surface area contributed by atoms with Crippen LogP contribution in [0.3, 0.4) is 0 Å². The summed E-state index contributed by atoms with van der Waals surface area (Å²) < 4.78 is 6.93. The molecule has 0 saturated carbocycles. The highest BCUT2D eigenvalue weighted by Gasteiger charge is 2.20. The van der Waals surface area contributed by atoms with Crippen LogP contribution in [0.15, 0.2) is 45.3 Å². The Bertz CT molecular complexity index is 634. The van der Waals surface area contributed by atoms with E-state index in [4.69, 9.17) is 4.42 Å². The molecule has 0 unspecified atom stereocenters. The summed E-state index contributed by atoms with van der Waals surface area (Å²) in [4.78, 5) is 15.6. The SMILES string of the molecule is C[C@@H](C(=O)N(C)C)N(C)Cc1ccc(-c2ccc(Br)cc2)o1. The Labute approximate surface area is 139 Å². The van der Waals surface area contributed by atoms with Crippen LogP contribution in [0.2, 0.25) is 0 Å². The van der Waals surface area contributed by atoms with Crippen molar-refractivity contribution in [2.75, 3.05) is 21.1 Å². The number of benzene rings is 1. The first-order chi connectivity index (χ1) is 10.4. The first-order valence-corrected chi connectivity index (χ1v) is 7.94. The molecule has 1 aromatic carbocycles. The van der Waals surface area contributed by atoms with Gasteiger partial charge in [0.15, 0.2) is 0 Å². The molecule has 1 atom stereocenters. The van der Waals surface area contributed by atoms with Gasteiger partial charge in [-0.25, -0.2) is 0 Å². The van der Waals surface area contributed by atoms with Gasteiger partial charge in [-0.3, -0.25) is 9.69 Å². The molecular weight excluding hydrogens is 344 g/mol. The van der Waals surface area contributed by atoms with Crippen molar-refractivity contribution in [1.82, 2.24) is 9.80 Å². The summed E-state index contributed by atoms with van der Waals surface area (Å²) in [6.45, 7) is 2.50. The Morgan fingerprint density at radius 3 is 2.36 bits per heavy atom. The molecular formula is C17H21BrN2O2. The Morgan fingerprint density at radius 2 is 1.77 bits per heavy atom. The second-order valence-corrected chi connectivity index (χ2v) is 6.51. The number of halogens is 1. The van der Waals surface area contributed by atoms with Gasteiger partial charge in [0.2, 0.25) is 5.91 Å². The smallest absolute Gasteiger partial charge is 0.239 e. The van der Waals surface area contributed by atoms with Crippen molar-refractivity contribution in [3.63, 3.8) is 0 Å².